The lowest BCUT2D eigenvalue weighted by molar-refractivity contribution is -0.146. The van der Waals surface area contributed by atoms with Crippen LogP contribution in [0.1, 0.15) is 50.7 Å². The number of nitrogens with one attached hydrogen (secondary N) is 1. The topological polar surface area (TPSA) is 71.1 Å². The van der Waals surface area contributed by atoms with Gasteiger partial charge in [-0.05, 0) is 25.2 Å². The van der Waals surface area contributed by atoms with Crippen LogP contribution in [0.15, 0.2) is 0 Å². The van der Waals surface area contributed by atoms with Crippen molar-refractivity contribution in [3.05, 3.63) is 11.6 Å². The second-order valence-electron chi connectivity index (χ2n) is 6.11. The number of hydrogen-bond acceptors (Lipinski definition) is 5. The summed E-state index contributed by atoms with van der Waals surface area (Å²) in [6.45, 7) is 2.70. The zero-order valence-corrected chi connectivity index (χ0v) is 12.8. The van der Waals surface area contributed by atoms with Gasteiger partial charge >= 0.3 is 5.97 Å². The second kappa shape index (κ2) is 6.13. The number of carbonyl (C=O) groups excluding carboxylic acids is 1. The minimum atomic E-state index is -0.127. The maximum atomic E-state index is 12.1. The number of fused-ring (bicyclic) bond motifs is 1. The normalized spacial score (nSPS) is 29.3. The van der Waals surface area contributed by atoms with Crippen molar-refractivity contribution >= 4 is 5.97 Å². The molecule has 6 heteroatoms. The Morgan fingerprint density at radius 3 is 2.95 bits per heavy atom. The van der Waals surface area contributed by atoms with Crippen molar-refractivity contribution < 1.29 is 9.53 Å². The number of aryl methyl sites for hydroxylation is 1. The van der Waals surface area contributed by atoms with E-state index in [2.05, 4.69) is 20.1 Å². The first kappa shape index (κ1) is 14.5. The Hall–Kier alpha value is -1.43. The lowest BCUT2D eigenvalue weighted by atomic mass is 9.85. The van der Waals surface area contributed by atoms with E-state index in [0.717, 1.165) is 24.5 Å². The Labute approximate surface area is 125 Å². The van der Waals surface area contributed by atoms with E-state index in [9.17, 15) is 4.79 Å². The van der Waals surface area contributed by atoms with Crippen LogP contribution >= 0.6 is 0 Å². The number of methoxy groups -OCH3 is 1. The highest BCUT2D eigenvalue weighted by atomic mass is 16.5. The fourth-order valence-electron chi connectivity index (χ4n) is 3.88. The average molecular weight is 292 g/mol. The fourth-order valence-corrected chi connectivity index (χ4v) is 3.88. The molecule has 6 nitrogen and oxygen atoms in total. The standard InChI is InChI=1S/C15H24N4O2/c1-3-13-16-14(18-17-13)9-19-11-7-5-4-6-10(11)8-12(19)15(20)21-2/h10-12H,3-9H2,1-2H3,(H,16,17,18)/t10-,11-,12-/m0/s1. The third-order valence-corrected chi connectivity index (χ3v) is 4.92. The van der Waals surface area contributed by atoms with Crippen molar-refractivity contribution in [3.8, 4) is 0 Å². The number of aromatic nitrogens is 3. The van der Waals surface area contributed by atoms with Crippen molar-refractivity contribution in [1.82, 2.24) is 20.1 Å². The first-order valence-corrected chi connectivity index (χ1v) is 7.96. The van der Waals surface area contributed by atoms with Crippen molar-refractivity contribution in [2.45, 2.75) is 64.1 Å². The van der Waals surface area contributed by atoms with Gasteiger partial charge in [-0.15, -0.1) is 0 Å². The van der Waals surface area contributed by atoms with Crippen molar-refractivity contribution in [2.75, 3.05) is 7.11 Å². The van der Waals surface area contributed by atoms with Crippen LogP contribution in [0, 0.1) is 5.92 Å². The van der Waals surface area contributed by atoms with E-state index in [-0.39, 0.29) is 12.0 Å². The van der Waals surface area contributed by atoms with Crippen LogP contribution in [0.4, 0.5) is 0 Å². The van der Waals surface area contributed by atoms with Gasteiger partial charge in [0.15, 0.2) is 0 Å². The summed E-state index contributed by atoms with van der Waals surface area (Å²) < 4.78 is 5.01. The average Bonchev–Trinajstić information content (AvgIpc) is 3.12. The maximum absolute atomic E-state index is 12.1. The second-order valence-corrected chi connectivity index (χ2v) is 6.11. The van der Waals surface area contributed by atoms with Crippen LogP contribution in [0.3, 0.4) is 0 Å². The number of likely N-dealkylation sites (tertiary alicyclic amines) is 1. The molecule has 2 fully saturated rings. The van der Waals surface area contributed by atoms with E-state index in [1.165, 1.54) is 32.8 Å². The van der Waals surface area contributed by atoms with Crippen LogP contribution in [0.5, 0.6) is 0 Å². The molecule has 2 heterocycles. The molecule has 3 atom stereocenters. The van der Waals surface area contributed by atoms with Crippen LogP contribution in [-0.4, -0.2) is 45.2 Å². The fraction of sp³-hybridized carbons (Fsp3) is 0.800. The van der Waals surface area contributed by atoms with Crippen molar-refractivity contribution in [2.24, 2.45) is 5.92 Å². The third kappa shape index (κ3) is 2.81. The number of rotatable bonds is 4. The van der Waals surface area contributed by atoms with E-state index in [4.69, 9.17) is 4.74 Å². The van der Waals surface area contributed by atoms with E-state index in [1.54, 1.807) is 0 Å². The molecule has 0 radical (unpaired) electrons. The molecule has 1 saturated heterocycles. The number of aromatic amines is 1. The summed E-state index contributed by atoms with van der Waals surface area (Å²) in [6, 6.07) is 0.358. The van der Waals surface area contributed by atoms with Crippen LogP contribution in [-0.2, 0) is 22.5 Å². The number of esters is 1. The Balaban J connectivity index is 1.78. The molecule has 0 bridgehead atoms. The minimum Gasteiger partial charge on any atom is -0.468 e. The molecule has 3 rings (SSSR count). The maximum Gasteiger partial charge on any atom is 0.323 e. The summed E-state index contributed by atoms with van der Waals surface area (Å²) in [5.74, 6) is 2.20. The zero-order chi connectivity index (χ0) is 14.8. The highest BCUT2D eigenvalue weighted by molar-refractivity contribution is 5.76. The van der Waals surface area contributed by atoms with E-state index >= 15 is 0 Å². The molecule has 1 aliphatic carbocycles. The SMILES string of the molecule is CCc1n[nH]c(CN2[C@H](C(=O)OC)C[C@@H]3CCCC[C@@H]32)n1. The molecular formula is C15H24N4O2. The number of ether oxygens (including phenoxy) is 1. The Bertz CT molecular complexity index is 502. The molecule has 1 aromatic heterocycles. The minimum absolute atomic E-state index is 0.111. The van der Waals surface area contributed by atoms with Gasteiger partial charge in [0.05, 0.1) is 13.7 Å². The molecule has 0 unspecified atom stereocenters. The molecule has 1 saturated carbocycles. The first-order valence-electron chi connectivity index (χ1n) is 7.96. The van der Waals surface area contributed by atoms with Crippen LogP contribution in [0.2, 0.25) is 0 Å². The summed E-state index contributed by atoms with van der Waals surface area (Å²) in [4.78, 5) is 18.9. The third-order valence-electron chi connectivity index (χ3n) is 4.92. The monoisotopic (exact) mass is 292 g/mol. The molecule has 1 N–H and O–H groups in total. The van der Waals surface area contributed by atoms with Crippen molar-refractivity contribution in [3.63, 3.8) is 0 Å². The first-order chi connectivity index (χ1) is 10.2. The van der Waals surface area contributed by atoms with Crippen molar-refractivity contribution in [1.29, 1.82) is 0 Å². The van der Waals surface area contributed by atoms with Gasteiger partial charge in [-0.25, -0.2) is 4.98 Å². The van der Waals surface area contributed by atoms with Gasteiger partial charge in [0.1, 0.15) is 17.7 Å². The quantitative estimate of drug-likeness (QED) is 0.855. The summed E-state index contributed by atoms with van der Waals surface area (Å²) in [5, 5.41) is 7.19. The van der Waals surface area contributed by atoms with Crippen LogP contribution < -0.4 is 0 Å². The Morgan fingerprint density at radius 2 is 2.24 bits per heavy atom. The molecule has 1 aromatic rings. The lowest BCUT2D eigenvalue weighted by Gasteiger charge is -2.32. The van der Waals surface area contributed by atoms with Gasteiger partial charge in [0, 0.05) is 12.5 Å². The number of nitrogens with zero attached hydrogens (tertiary/aromatic N) is 3. The Kier molecular flexibility index (Phi) is 4.24. The van der Waals surface area contributed by atoms with Crippen LogP contribution in [0.25, 0.3) is 0 Å². The highest BCUT2D eigenvalue weighted by Crippen LogP contribution is 2.40. The predicted molar refractivity (Wildman–Crippen MR) is 77.5 cm³/mol. The smallest absolute Gasteiger partial charge is 0.323 e. The molecule has 2 aliphatic rings. The zero-order valence-electron chi connectivity index (χ0n) is 12.8. The van der Waals surface area contributed by atoms with E-state index < -0.39 is 0 Å². The van der Waals surface area contributed by atoms with Gasteiger partial charge in [-0.1, -0.05) is 19.8 Å². The highest BCUT2D eigenvalue weighted by Gasteiger charge is 2.45. The molecule has 21 heavy (non-hydrogen) atoms. The number of H-pyrrole nitrogens is 1. The molecule has 0 spiro atoms. The van der Waals surface area contributed by atoms with Gasteiger partial charge in [0.2, 0.25) is 0 Å². The number of hydrogen-bond donors (Lipinski definition) is 1. The predicted octanol–water partition coefficient (Wildman–Crippen LogP) is 1.67. The Morgan fingerprint density at radius 1 is 1.43 bits per heavy atom. The van der Waals surface area contributed by atoms with E-state index in [0.29, 0.717) is 18.5 Å². The summed E-state index contributed by atoms with van der Waals surface area (Å²) in [6.07, 6.45) is 6.68. The van der Waals surface area contributed by atoms with Gasteiger partial charge < -0.3 is 4.74 Å². The molecule has 1 aliphatic heterocycles. The van der Waals surface area contributed by atoms with Gasteiger partial charge in [-0.2, -0.15) is 5.10 Å². The molecule has 116 valence electrons. The molecular weight excluding hydrogens is 268 g/mol. The largest absolute Gasteiger partial charge is 0.468 e. The lowest BCUT2D eigenvalue weighted by Crippen LogP contribution is -2.42. The summed E-state index contributed by atoms with van der Waals surface area (Å²) in [5.41, 5.74) is 0. The van der Waals surface area contributed by atoms with Gasteiger partial charge in [-0.3, -0.25) is 14.8 Å². The summed E-state index contributed by atoms with van der Waals surface area (Å²) in [7, 11) is 1.48. The molecule has 0 aromatic carbocycles. The summed E-state index contributed by atoms with van der Waals surface area (Å²) >= 11 is 0. The number of carbonyl (C=O) groups is 1. The van der Waals surface area contributed by atoms with Gasteiger partial charge in [0.25, 0.3) is 0 Å². The molecule has 0 amide bonds. The van der Waals surface area contributed by atoms with E-state index in [1.807, 2.05) is 6.92 Å².